The normalized spacial score (nSPS) is 11.6. The molecule has 0 saturated heterocycles. The summed E-state index contributed by atoms with van der Waals surface area (Å²) in [4.78, 5) is 31.2. The van der Waals surface area contributed by atoms with Crippen LogP contribution < -0.4 is 10.6 Å². The Bertz CT molecular complexity index is 1550. The van der Waals surface area contributed by atoms with Crippen molar-refractivity contribution >= 4 is 29.1 Å². The van der Waals surface area contributed by atoms with Gasteiger partial charge in [-0.3, -0.25) is 9.59 Å². The zero-order chi connectivity index (χ0) is 28.5. The minimum Gasteiger partial charge on any atom is -0.350 e. The molecule has 0 spiro atoms. The van der Waals surface area contributed by atoms with Crippen LogP contribution in [0.25, 0.3) is 5.82 Å². The van der Waals surface area contributed by atoms with E-state index in [2.05, 4.69) is 30.9 Å². The van der Waals surface area contributed by atoms with Gasteiger partial charge in [0.05, 0.1) is 28.2 Å². The summed E-state index contributed by atoms with van der Waals surface area (Å²) >= 11 is 6.27. The van der Waals surface area contributed by atoms with Crippen LogP contribution in [0.4, 0.5) is 23.2 Å². The maximum Gasteiger partial charge on any atom is 0.436 e. The SMILES string of the molecule is Cc1cc(F)cc(C(=O)NC(C)C)c1NC(=O)c1cc(Cn2ncc(C(F)(F)F)n2)nn1-c1ncccc1Cl. The Kier molecular flexibility index (Phi) is 7.67. The van der Waals surface area contributed by atoms with Gasteiger partial charge in [-0.05, 0) is 56.7 Å². The Hall–Kier alpha value is -4.33. The predicted octanol–water partition coefficient (Wildman–Crippen LogP) is 4.42. The van der Waals surface area contributed by atoms with Crippen LogP contribution in [-0.2, 0) is 12.7 Å². The number of amides is 2. The summed E-state index contributed by atoms with van der Waals surface area (Å²) < 4.78 is 54.1. The third-order valence-corrected chi connectivity index (χ3v) is 5.56. The summed E-state index contributed by atoms with van der Waals surface area (Å²) in [5, 5.41) is 16.7. The van der Waals surface area contributed by atoms with Gasteiger partial charge in [0.1, 0.15) is 18.1 Å². The third kappa shape index (κ3) is 6.22. The second kappa shape index (κ2) is 10.8. The smallest absolute Gasteiger partial charge is 0.350 e. The average molecular weight is 565 g/mol. The Balaban J connectivity index is 1.74. The summed E-state index contributed by atoms with van der Waals surface area (Å²) in [7, 11) is 0. The zero-order valence-electron chi connectivity index (χ0n) is 20.7. The highest BCUT2D eigenvalue weighted by atomic mass is 35.5. The lowest BCUT2D eigenvalue weighted by molar-refractivity contribution is -0.141. The molecule has 4 rings (SSSR count). The van der Waals surface area contributed by atoms with Crippen molar-refractivity contribution in [2.75, 3.05) is 5.32 Å². The van der Waals surface area contributed by atoms with Gasteiger partial charge in [0.15, 0.2) is 11.5 Å². The number of aryl methyl sites for hydroxylation is 1. The summed E-state index contributed by atoms with van der Waals surface area (Å²) in [6.45, 7) is 4.66. The van der Waals surface area contributed by atoms with Crippen molar-refractivity contribution in [3.8, 4) is 5.82 Å². The van der Waals surface area contributed by atoms with E-state index >= 15 is 0 Å². The van der Waals surface area contributed by atoms with Gasteiger partial charge in [-0.1, -0.05) is 11.6 Å². The number of benzene rings is 1. The van der Waals surface area contributed by atoms with Crippen LogP contribution in [0, 0.1) is 12.7 Å². The number of nitrogens with one attached hydrogen (secondary N) is 2. The maximum atomic E-state index is 14.2. The zero-order valence-corrected chi connectivity index (χ0v) is 21.5. The molecule has 0 fully saturated rings. The molecular formula is C24H21ClF4N8O2. The number of rotatable bonds is 7. The van der Waals surface area contributed by atoms with Crippen LogP contribution in [0.3, 0.4) is 0 Å². The summed E-state index contributed by atoms with van der Waals surface area (Å²) in [5.74, 6) is -1.98. The molecule has 0 saturated carbocycles. The molecule has 1 aromatic carbocycles. The van der Waals surface area contributed by atoms with Crippen molar-refractivity contribution in [1.29, 1.82) is 0 Å². The molecule has 3 aromatic heterocycles. The molecule has 204 valence electrons. The predicted molar refractivity (Wildman–Crippen MR) is 132 cm³/mol. The Labute approximate surface area is 224 Å². The van der Waals surface area contributed by atoms with Gasteiger partial charge >= 0.3 is 6.18 Å². The van der Waals surface area contributed by atoms with Crippen LogP contribution in [-0.4, -0.2) is 47.6 Å². The molecule has 3 heterocycles. The highest BCUT2D eigenvalue weighted by molar-refractivity contribution is 6.32. The minimum atomic E-state index is -4.68. The molecule has 10 nitrogen and oxygen atoms in total. The molecule has 0 radical (unpaired) electrons. The first-order chi connectivity index (χ1) is 18.3. The van der Waals surface area contributed by atoms with Gasteiger partial charge in [0, 0.05) is 12.2 Å². The quantitative estimate of drug-likeness (QED) is 0.321. The number of carbonyl (C=O) groups excluding carboxylic acids is 2. The van der Waals surface area contributed by atoms with Gasteiger partial charge in [-0.25, -0.2) is 14.1 Å². The largest absolute Gasteiger partial charge is 0.436 e. The van der Waals surface area contributed by atoms with Crippen LogP contribution in [0.2, 0.25) is 5.02 Å². The Morgan fingerprint density at radius 1 is 1.13 bits per heavy atom. The number of anilines is 1. The molecule has 4 aromatic rings. The highest BCUT2D eigenvalue weighted by Crippen LogP contribution is 2.27. The molecule has 0 aliphatic rings. The van der Waals surface area contributed by atoms with Crippen molar-refractivity contribution in [2.45, 2.75) is 39.5 Å². The molecule has 0 unspecified atom stereocenters. The first kappa shape index (κ1) is 27.7. The van der Waals surface area contributed by atoms with E-state index in [0.717, 1.165) is 21.6 Å². The van der Waals surface area contributed by atoms with Crippen LogP contribution in [0.1, 0.15) is 51.6 Å². The van der Waals surface area contributed by atoms with Crippen molar-refractivity contribution in [2.24, 2.45) is 0 Å². The Morgan fingerprint density at radius 2 is 1.87 bits per heavy atom. The van der Waals surface area contributed by atoms with E-state index in [9.17, 15) is 27.2 Å². The van der Waals surface area contributed by atoms with Crippen LogP contribution in [0.15, 0.2) is 42.7 Å². The number of aromatic nitrogens is 6. The lowest BCUT2D eigenvalue weighted by atomic mass is 10.1. The molecule has 0 atom stereocenters. The number of nitrogens with zero attached hydrogens (tertiary/aromatic N) is 6. The maximum absolute atomic E-state index is 14.2. The summed E-state index contributed by atoms with van der Waals surface area (Å²) in [5.41, 5.74) is -0.958. The molecule has 15 heteroatoms. The fourth-order valence-corrected chi connectivity index (χ4v) is 3.82. The molecule has 0 aliphatic heterocycles. The van der Waals surface area contributed by atoms with E-state index in [1.165, 1.54) is 25.3 Å². The van der Waals surface area contributed by atoms with Crippen molar-refractivity contribution in [1.82, 2.24) is 35.1 Å². The molecule has 2 amide bonds. The van der Waals surface area contributed by atoms with E-state index in [1.807, 2.05) is 0 Å². The van der Waals surface area contributed by atoms with E-state index in [0.29, 0.717) is 6.20 Å². The fraction of sp³-hybridized carbons (Fsp3) is 0.250. The topological polar surface area (TPSA) is 120 Å². The van der Waals surface area contributed by atoms with Crippen molar-refractivity contribution in [3.05, 3.63) is 81.8 Å². The van der Waals surface area contributed by atoms with Crippen molar-refractivity contribution in [3.63, 3.8) is 0 Å². The molecule has 2 N–H and O–H groups in total. The lowest BCUT2D eigenvalue weighted by Crippen LogP contribution is -2.31. The van der Waals surface area contributed by atoms with E-state index in [4.69, 9.17) is 11.6 Å². The molecule has 0 bridgehead atoms. The highest BCUT2D eigenvalue weighted by Gasteiger charge is 2.34. The number of pyridine rings is 1. The number of hydrogen-bond acceptors (Lipinski definition) is 6. The van der Waals surface area contributed by atoms with Gasteiger partial charge in [0.25, 0.3) is 11.8 Å². The number of alkyl halides is 3. The fourth-order valence-electron chi connectivity index (χ4n) is 3.62. The molecule has 39 heavy (non-hydrogen) atoms. The third-order valence-electron chi connectivity index (χ3n) is 5.27. The molecular weight excluding hydrogens is 544 g/mol. The average Bonchev–Trinajstić information content (AvgIpc) is 3.48. The van der Waals surface area contributed by atoms with Gasteiger partial charge < -0.3 is 10.6 Å². The minimum absolute atomic E-state index is 0.0597. The van der Waals surface area contributed by atoms with Gasteiger partial charge in [-0.2, -0.15) is 28.2 Å². The number of carbonyl (C=O) groups is 2. The standard InChI is InChI=1S/C24H21ClF4N8O2/c1-12(2)32-22(38)16-8-14(26)7-13(3)20(16)33-23(39)18-9-15(11-36-31-10-19(35-36)24(27,28)29)34-37(18)21-17(25)5-4-6-30-21/h4-10,12H,11H2,1-3H3,(H,32,38)(H,33,39). The monoisotopic (exact) mass is 564 g/mol. The summed E-state index contributed by atoms with van der Waals surface area (Å²) in [6.07, 6.45) is -2.70. The number of hydrogen-bond donors (Lipinski definition) is 2. The van der Waals surface area contributed by atoms with E-state index in [-0.39, 0.29) is 51.6 Å². The van der Waals surface area contributed by atoms with Crippen LogP contribution in [0.5, 0.6) is 0 Å². The van der Waals surface area contributed by atoms with Crippen LogP contribution >= 0.6 is 11.6 Å². The first-order valence-corrected chi connectivity index (χ1v) is 11.8. The van der Waals surface area contributed by atoms with E-state index < -0.39 is 29.5 Å². The first-order valence-electron chi connectivity index (χ1n) is 11.4. The van der Waals surface area contributed by atoms with E-state index in [1.54, 1.807) is 19.9 Å². The second-order valence-electron chi connectivity index (χ2n) is 8.73. The van der Waals surface area contributed by atoms with Gasteiger partial charge in [0.2, 0.25) is 0 Å². The number of halogens is 5. The molecule has 0 aliphatic carbocycles. The summed E-state index contributed by atoms with van der Waals surface area (Å²) in [6, 6.07) is 6.26. The second-order valence-corrected chi connectivity index (χ2v) is 9.13. The lowest BCUT2D eigenvalue weighted by Gasteiger charge is -2.16. The van der Waals surface area contributed by atoms with Crippen molar-refractivity contribution < 1.29 is 27.2 Å². The van der Waals surface area contributed by atoms with Gasteiger partial charge in [-0.15, -0.1) is 5.10 Å². The Morgan fingerprint density at radius 3 is 2.51 bits per heavy atom.